The van der Waals surface area contributed by atoms with Crippen LogP contribution in [0.25, 0.3) is 17.1 Å². The molecule has 3 saturated heterocycles. The van der Waals surface area contributed by atoms with Crippen molar-refractivity contribution < 1.29 is 71.8 Å². The fourth-order valence-corrected chi connectivity index (χ4v) is 17.0. The average Bonchev–Trinajstić information content (AvgIpc) is 1.51. The Kier molecular flexibility index (Phi) is 25.8. The summed E-state index contributed by atoms with van der Waals surface area (Å²) in [6, 6.07) is 29.2. The second-order valence-electron chi connectivity index (χ2n) is 32.0. The minimum atomic E-state index is -4.82. The van der Waals surface area contributed by atoms with Crippen LogP contribution < -0.4 is 59.4 Å². The van der Waals surface area contributed by atoms with Gasteiger partial charge in [0.05, 0.1) is 35.1 Å². The summed E-state index contributed by atoms with van der Waals surface area (Å²) in [4.78, 5) is 87.3. The second-order valence-corrected chi connectivity index (χ2v) is 36.9. The van der Waals surface area contributed by atoms with Crippen molar-refractivity contribution in [1.82, 2.24) is 58.8 Å². The Morgan fingerprint density at radius 1 is 0.578 bits per heavy atom. The lowest BCUT2D eigenvalue weighted by Crippen LogP contribution is -2.41. The third-order valence-corrected chi connectivity index (χ3v) is 22.5. The van der Waals surface area contributed by atoms with E-state index >= 15 is 0 Å². The van der Waals surface area contributed by atoms with Gasteiger partial charge in [0.2, 0.25) is 17.7 Å². The maximum Gasteiger partial charge on any atom is 0.573 e. The molecule has 11 heterocycles. The van der Waals surface area contributed by atoms with Gasteiger partial charge in [-0.15, -0.1) is 18.3 Å². The summed E-state index contributed by atoms with van der Waals surface area (Å²) in [5.74, 6) is -0.0455. The number of aromatic nitrogens is 9. The standard InChI is InChI=1S/C28H34N6O5S.C26H35N7O4S.C25H26F3N5O4S/c1-17(2)39-24-12-9-20(15-30-24)22-11-10-21(26(32-22)34-16-18(3)14-28(34,5)6)27(36)33-40(37,38)23-8-7-13-29-25(23)31-19(4)35;1-17-14-26(5,6)32(15-17)23-18(24(34)31-38(35,36)19-8-7-12-28-22(19)27)9-10-20(29-23)33-13-11-21(30-33)37-16-25(2,3)4;1-16-14-24(2,3)33(15-16)22-19(6-5-13-29-22)23(34)32-38(35,36)21-8-4-7-20(31-21)30-17-9-11-18(12-10-17)37-25(26,27)28/h7-13,15,17-18H,14,16H2,1-6H3,(H,33,36)(H,29,31,35);7-13,17H,14-16H2,1-6H3,(H2,27,28)(H,31,34);4-13,16H,14-15H2,1-3H3,(H,30,31)(H,32,34)/t18-;17-;/m00./s1. The molecule has 31 nitrogen and oxygen atoms in total. The SMILES string of the molecule is CC(=O)Nc1ncccc1S(=O)(=O)NC(=O)c1ccc(-c2ccc(OC(C)C)nc2)nc1N1C[C@@H](C)CC1(C)C.CC1CN(c2ncccc2C(=O)NS(=O)(=O)c2cccc(Nc3ccc(OC(F)(F)F)cc3)n2)C(C)(C)C1.C[C@@H]1CN(c2nc(-n3ccc(OCC(C)(C)C)n3)ccc2C(=O)NS(=O)(=O)c2cccnc2N)C(C)(C)C1. The predicted molar refractivity (Wildman–Crippen MR) is 431 cm³/mol. The molecule has 0 spiro atoms. The smallest absolute Gasteiger partial charge is 0.476 e. The maximum absolute atomic E-state index is 13.5. The van der Waals surface area contributed by atoms with E-state index in [1.165, 1.54) is 80.0 Å². The quantitative estimate of drug-likeness (QED) is 0.0367. The molecule has 9 aromatic rings. The molecule has 3 fully saturated rings. The largest absolute Gasteiger partial charge is 0.573 e. The zero-order valence-corrected chi connectivity index (χ0v) is 69.3. The highest BCUT2D eigenvalue weighted by Crippen LogP contribution is 2.42. The number of halogens is 3. The predicted octanol–water partition coefficient (Wildman–Crippen LogP) is 12.3. The summed E-state index contributed by atoms with van der Waals surface area (Å²) < 4.78 is 139. The summed E-state index contributed by atoms with van der Waals surface area (Å²) in [5, 5.41) is 9.26. The van der Waals surface area contributed by atoms with Crippen molar-refractivity contribution in [2.24, 2.45) is 23.2 Å². The summed E-state index contributed by atoms with van der Waals surface area (Å²) in [6.07, 6.45) is 5.48. The van der Waals surface area contributed by atoms with E-state index in [1.54, 1.807) is 65.7 Å². The van der Waals surface area contributed by atoms with Gasteiger partial charge < -0.3 is 45.3 Å². The lowest BCUT2D eigenvalue weighted by Gasteiger charge is -2.34. The number of hydrogen-bond donors (Lipinski definition) is 6. The first-order chi connectivity index (χ1) is 54.2. The molecule has 4 amide bonds. The van der Waals surface area contributed by atoms with E-state index in [9.17, 15) is 57.6 Å². The molecule has 1 aromatic carbocycles. The fourth-order valence-electron chi connectivity index (χ4n) is 14.0. The molecule has 116 heavy (non-hydrogen) atoms. The van der Waals surface area contributed by atoms with Crippen LogP contribution in [-0.2, 0) is 34.9 Å². The number of sulfonamides is 3. The van der Waals surface area contributed by atoms with E-state index in [-0.39, 0.29) is 72.1 Å². The number of rotatable bonds is 22. The van der Waals surface area contributed by atoms with Crippen LogP contribution in [0.2, 0.25) is 0 Å². The Hall–Kier alpha value is -11.6. The van der Waals surface area contributed by atoms with Gasteiger partial charge in [-0.2, -0.15) is 8.42 Å². The molecular weight excluding hydrogens is 1560 g/mol. The lowest BCUT2D eigenvalue weighted by atomic mass is 9.97. The van der Waals surface area contributed by atoms with Crippen LogP contribution in [-0.4, -0.2) is 149 Å². The summed E-state index contributed by atoms with van der Waals surface area (Å²) >= 11 is 0. The zero-order valence-electron chi connectivity index (χ0n) is 66.8. The van der Waals surface area contributed by atoms with Crippen LogP contribution in [0.3, 0.4) is 0 Å². The van der Waals surface area contributed by atoms with E-state index in [0.717, 1.165) is 37.0 Å². The van der Waals surface area contributed by atoms with Crippen LogP contribution in [0.1, 0.15) is 154 Å². The van der Waals surface area contributed by atoms with Gasteiger partial charge in [0.1, 0.15) is 44.6 Å². The average molecular weight is 1660 g/mol. The van der Waals surface area contributed by atoms with Crippen LogP contribution in [0, 0.1) is 23.2 Å². The van der Waals surface area contributed by atoms with Crippen LogP contribution in [0.15, 0.2) is 167 Å². The number of hydrogen-bond acceptors (Lipinski definition) is 26. The van der Waals surface area contributed by atoms with Gasteiger partial charge >= 0.3 is 6.36 Å². The Morgan fingerprint density at radius 3 is 1.64 bits per heavy atom. The molecule has 0 radical (unpaired) electrons. The number of amides is 4. The molecule has 8 aromatic heterocycles. The van der Waals surface area contributed by atoms with E-state index in [1.807, 2.05) is 48.5 Å². The van der Waals surface area contributed by atoms with E-state index < -0.39 is 70.8 Å². The summed E-state index contributed by atoms with van der Waals surface area (Å²) in [6.45, 7) is 32.5. The van der Waals surface area contributed by atoms with Crippen LogP contribution in [0.4, 0.5) is 53.8 Å². The van der Waals surface area contributed by atoms with Gasteiger partial charge in [0.15, 0.2) is 16.7 Å². The number of pyridine rings is 7. The zero-order chi connectivity index (χ0) is 84.8. The number of nitrogens with two attached hydrogens (primary N) is 1. The maximum atomic E-state index is 13.5. The molecule has 3 aliphatic heterocycles. The second kappa shape index (κ2) is 34.5. The lowest BCUT2D eigenvalue weighted by molar-refractivity contribution is -0.274. The number of carbonyl (C=O) groups excluding carboxylic acids is 4. The molecule has 3 atom stereocenters. The summed E-state index contributed by atoms with van der Waals surface area (Å²) in [5.41, 5.74) is 6.81. The molecule has 0 aliphatic carbocycles. The van der Waals surface area contributed by atoms with Crippen molar-refractivity contribution in [3.05, 3.63) is 169 Å². The Balaban J connectivity index is 0.000000184. The number of nitrogen functional groups attached to an aromatic ring is 1. The molecular formula is C79H95F3N18O13S3. The first-order valence-electron chi connectivity index (χ1n) is 37.0. The Labute approximate surface area is 672 Å². The highest BCUT2D eigenvalue weighted by molar-refractivity contribution is 7.90. The third kappa shape index (κ3) is 21.9. The molecule has 12 rings (SSSR count). The van der Waals surface area contributed by atoms with Crippen molar-refractivity contribution in [3.8, 4) is 34.6 Å². The first-order valence-corrected chi connectivity index (χ1v) is 41.5. The molecule has 0 saturated carbocycles. The van der Waals surface area contributed by atoms with E-state index in [0.29, 0.717) is 90.4 Å². The van der Waals surface area contributed by atoms with Gasteiger partial charge in [-0.1, -0.05) is 47.6 Å². The fraction of sp³-hybridized carbons (Fsp3) is 0.392. The van der Waals surface area contributed by atoms with Gasteiger partial charge in [-0.3, -0.25) is 19.2 Å². The van der Waals surface area contributed by atoms with Gasteiger partial charge in [0.25, 0.3) is 47.8 Å². The van der Waals surface area contributed by atoms with Gasteiger partial charge in [0, 0.05) is 97.5 Å². The third-order valence-electron chi connectivity index (χ3n) is 18.6. The number of carbonyl (C=O) groups is 4. The first kappa shape index (κ1) is 86.8. The number of ether oxygens (including phenoxy) is 3. The number of nitrogens with zero attached hydrogens (tertiary/aromatic N) is 12. The number of anilines is 7. The number of nitrogens with one attached hydrogen (secondary N) is 5. The minimum Gasteiger partial charge on any atom is -0.476 e. The topological polar surface area (TPSA) is 402 Å². The monoisotopic (exact) mass is 1660 g/mol. The molecule has 37 heteroatoms. The molecule has 0 bridgehead atoms. The van der Waals surface area contributed by atoms with Crippen molar-refractivity contribution >= 4 is 94.3 Å². The number of alkyl halides is 3. The molecule has 618 valence electrons. The van der Waals surface area contributed by atoms with E-state index in [4.69, 9.17) is 25.2 Å². The van der Waals surface area contributed by atoms with Crippen molar-refractivity contribution in [2.75, 3.05) is 57.3 Å². The van der Waals surface area contributed by atoms with Crippen molar-refractivity contribution in [2.45, 2.75) is 167 Å². The Morgan fingerprint density at radius 2 is 1.10 bits per heavy atom. The number of benzene rings is 1. The normalized spacial score (nSPS) is 17.1. The molecule has 3 aliphatic rings. The van der Waals surface area contributed by atoms with Gasteiger partial charge in [-0.05, 0) is 201 Å². The Bertz CT molecular complexity index is 5460. The molecule has 7 N–H and O–H groups in total. The van der Waals surface area contributed by atoms with Crippen LogP contribution >= 0.6 is 0 Å². The van der Waals surface area contributed by atoms with Crippen molar-refractivity contribution in [1.29, 1.82) is 0 Å². The van der Waals surface area contributed by atoms with Gasteiger partial charge in [-0.25, -0.2) is 70.6 Å². The van der Waals surface area contributed by atoms with Crippen molar-refractivity contribution in [3.63, 3.8) is 0 Å². The summed E-state index contributed by atoms with van der Waals surface area (Å²) in [7, 11) is -13.0. The highest BCUT2D eigenvalue weighted by atomic mass is 32.2. The molecule has 1 unspecified atom stereocenters. The minimum absolute atomic E-state index is 0.0162. The van der Waals surface area contributed by atoms with E-state index in [2.05, 4.69) is 129 Å². The van der Waals surface area contributed by atoms with Crippen LogP contribution in [0.5, 0.6) is 17.5 Å². The highest BCUT2D eigenvalue weighted by Gasteiger charge is 2.43.